The molecule has 8 nitrogen and oxygen atoms in total. The molecule has 0 aliphatic rings. The van der Waals surface area contributed by atoms with Crippen LogP contribution in [0.15, 0.2) is 31.1 Å². The lowest BCUT2D eigenvalue weighted by Crippen LogP contribution is -2.30. The highest BCUT2D eigenvalue weighted by molar-refractivity contribution is 5.53. The van der Waals surface area contributed by atoms with E-state index in [9.17, 15) is 0 Å². The summed E-state index contributed by atoms with van der Waals surface area (Å²) in [6.45, 7) is 0. The van der Waals surface area contributed by atoms with E-state index in [-0.39, 0.29) is 6.04 Å². The summed E-state index contributed by atoms with van der Waals surface area (Å²) in [6, 6.07) is -0.0930. The molecule has 0 radical (unpaired) electrons. The molecule has 0 fully saturated rings. The van der Waals surface area contributed by atoms with Crippen molar-refractivity contribution in [2.75, 3.05) is 0 Å². The zero-order chi connectivity index (χ0) is 13.2. The molecule has 3 rings (SSSR count). The van der Waals surface area contributed by atoms with Crippen LogP contribution in [0, 0.1) is 0 Å². The lowest BCUT2D eigenvalue weighted by atomic mass is 10.1. The summed E-state index contributed by atoms with van der Waals surface area (Å²) >= 11 is 0. The molecule has 1 unspecified atom stereocenters. The van der Waals surface area contributed by atoms with Gasteiger partial charge in [-0.15, -0.1) is 0 Å². The van der Waals surface area contributed by atoms with Gasteiger partial charge in [-0.3, -0.25) is 20.9 Å². The van der Waals surface area contributed by atoms with Crippen molar-refractivity contribution in [1.29, 1.82) is 0 Å². The van der Waals surface area contributed by atoms with Crippen LogP contribution in [0.1, 0.15) is 17.4 Å². The number of aryl methyl sites for hydroxylation is 1. The monoisotopic (exact) mass is 258 g/mol. The molecule has 8 heteroatoms. The minimum absolute atomic E-state index is 0.0930. The lowest BCUT2D eigenvalue weighted by Gasteiger charge is -2.14. The molecule has 0 saturated carbocycles. The van der Waals surface area contributed by atoms with Gasteiger partial charge in [0.05, 0.1) is 24.0 Å². The smallest absolute Gasteiger partial charge is 0.138 e. The van der Waals surface area contributed by atoms with Gasteiger partial charge in [0.1, 0.15) is 12.2 Å². The molecular formula is C11H14N8. The van der Waals surface area contributed by atoms with Gasteiger partial charge in [0, 0.05) is 31.4 Å². The number of rotatable bonds is 4. The van der Waals surface area contributed by atoms with Gasteiger partial charge in [-0.1, -0.05) is 0 Å². The third-order valence-electron chi connectivity index (χ3n) is 3.12. The fraction of sp³-hybridized carbons (Fsp3) is 0.273. The van der Waals surface area contributed by atoms with E-state index in [2.05, 4.69) is 25.6 Å². The topological polar surface area (TPSA) is 99.0 Å². The minimum atomic E-state index is -0.0930. The van der Waals surface area contributed by atoms with Gasteiger partial charge in [0.2, 0.25) is 0 Å². The van der Waals surface area contributed by atoms with E-state index in [1.807, 2.05) is 7.05 Å². The molecule has 19 heavy (non-hydrogen) atoms. The molecule has 98 valence electrons. The highest BCUT2D eigenvalue weighted by atomic mass is 15.3. The second kappa shape index (κ2) is 4.75. The second-order valence-electron chi connectivity index (χ2n) is 4.23. The Morgan fingerprint density at radius 1 is 1.37 bits per heavy atom. The third-order valence-corrected chi connectivity index (χ3v) is 3.12. The second-order valence-corrected chi connectivity index (χ2v) is 4.23. The maximum Gasteiger partial charge on any atom is 0.138 e. The van der Waals surface area contributed by atoms with E-state index in [4.69, 9.17) is 5.84 Å². The van der Waals surface area contributed by atoms with Gasteiger partial charge in [-0.05, 0) is 0 Å². The maximum absolute atomic E-state index is 5.66. The standard InChI is InChI=1S/C11H14N8/c1-18-11(14-7-16-18)4-9(17-12)8-5-15-19-3-2-13-6-10(8)19/h2-3,5-7,9,17H,4,12H2,1H3. The Bertz CT molecular complexity index is 685. The molecule has 3 heterocycles. The molecular weight excluding hydrogens is 244 g/mol. The van der Waals surface area contributed by atoms with Crippen molar-refractivity contribution in [3.05, 3.63) is 42.5 Å². The predicted molar refractivity (Wildman–Crippen MR) is 67.8 cm³/mol. The SMILES string of the molecule is Cn1ncnc1CC(NN)c1cnn2ccncc12. The van der Waals surface area contributed by atoms with Gasteiger partial charge < -0.3 is 0 Å². The van der Waals surface area contributed by atoms with Crippen molar-refractivity contribution in [2.24, 2.45) is 12.9 Å². The zero-order valence-electron chi connectivity index (χ0n) is 10.4. The number of aromatic nitrogens is 6. The van der Waals surface area contributed by atoms with Crippen LogP contribution in [-0.2, 0) is 13.5 Å². The molecule has 0 aliphatic carbocycles. The molecule has 1 atom stereocenters. The molecule has 0 saturated heterocycles. The number of hydrazine groups is 1. The fourth-order valence-corrected chi connectivity index (χ4v) is 2.07. The van der Waals surface area contributed by atoms with E-state index >= 15 is 0 Å². The van der Waals surface area contributed by atoms with Crippen LogP contribution in [0.25, 0.3) is 5.52 Å². The van der Waals surface area contributed by atoms with E-state index in [1.165, 1.54) is 6.33 Å². The average Bonchev–Trinajstić information content (AvgIpc) is 3.03. The number of nitrogens with zero attached hydrogens (tertiary/aromatic N) is 6. The highest BCUT2D eigenvalue weighted by Gasteiger charge is 2.18. The molecule has 0 aromatic carbocycles. The van der Waals surface area contributed by atoms with Crippen molar-refractivity contribution < 1.29 is 0 Å². The Balaban J connectivity index is 1.96. The van der Waals surface area contributed by atoms with Gasteiger partial charge in [-0.2, -0.15) is 10.2 Å². The van der Waals surface area contributed by atoms with Crippen LogP contribution >= 0.6 is 0 Å². The first-order chi connectivity index (χ1) is 9.29. The Kier molecular flexibility index (Phi) is 2.94. The first-order valence-corrected chi connectivity index (χ1v) is 5.86. The molecule has 0 spiro atoms. The summed E-state index contributed by atoms with van der Waals surface area (Å²) < 4.78 is 3.50. The molecule has 0 amide bonds. The largest absolute Gasteiger partial charge is 0.271 e. The summed E-state index contributed by atoms with van der Waals surface area (Å²) in [6.07, 6.45) is 9.21. The summed E-state index contributed by atoms with van der Waals surface area (Å²) in [5.74, 6) is 6.51. The average molecular weight is 258 g/mol. The third kappa shape index (κ3) is 2.07. The summed E-state index contributed by atoms with van der Waals surface area (Å²) in [4.78, 5) is 8.32. The van der Waals surface area contributed by atoms with Gasteiger partial charge in [0.25, 0.3) is 0 Å². The van der Waals surface area contributed by atoms with E-state index in [0.29, 0.717) is 6.42 Å². The number of hydrogen-bond acceptors (Lipinski definition) is 6. The number of nitrogens with one attached hydrogen (secondary N) is 1. The zero-order valence-corrected chi connectivity index (χ0v) is 10.4. The normalized spacial score (nSPS) is 12.9. The molecule has 3 N–H and O–H groups in total. The Morgan fingerprint density at radius 2 is 2.26 bits per heavy atom. The number of fused-ring (bicyclic) bond motifs is 1. The van der Waals surface area contributed by atoms with Crippen LogP contribution in [0.4, 0.5) is 0 Å². The predicted octanol–water partition coefficient (Wildman–Crippen LogP) is -0.395. The Labute approximate surface area is 109 Å². The van der Waals surface area contributed by atoms with Gasteiger partial charge in [-0.25, -0.2) is 9.50 Å². The quantitative estimate of drug-likeness (QED) is 0.488. The van der Waals surface area contributed by atoms with Crippen LogP contribution in [-0.4, -0.2) is 29.4 Å². The number of nitrogens with two attached hydrogens (primary N) is 1. The van der Waals surface area contributed by atoms with Crippen molar-refractivity contribution in [3.63, 3.8) is 0 Å². The number of hydrogen-bond donors (Lipinski definition) is 2. The molecule has 3 aromatic rings. The lowest BCUT2D eigenvalue weighted by molar-refractivity contribution is 0.526. The maximum atomic E-state index is 5.66. The van der Waals surface area contributed by atoms with Crippen LogP contribution in [0.3, 0.4) is 0 Å². The Hall–Kier alpha value is -2.32. The van der Waals surface area contributed by atoms with Crippen LogP contribution in [0.2, 0.25) is 0 Å². The van der Waals surface area contributed by atoms with Crippen molar-refractivity contribution >= 4 is 5.52 Å². The van der Waals surface area contributed by atoms with E-state index < -0.39 is 0 Å². The molecule has 3 aromatic heterocycles. The molecule has 0 bridgehead atoms. The highest BCUT2D eigenvalue weighted by Crippen LogP contribution is 2.20. The van der Waals surface area contributed by atoms with Crippen molar-refractivity contribution in [2.45, 2.75) is 12.5 Å². The van der Waals surface area contributed by atoms with Gasteiger partial charge in [0.15, 0.2) is 0 Å². The first kappa shape index (κ1) is 11.8. The van der Waals surface area contributed by atoms with Crippen LogP contribution < -0.4 is 11.3 Å². The van der Waals surface area contributed by atoms with E-state index in [0.717, 1.165) is 16.9 Å². The van der Waals surface area contributed by atoms with Gasteiger partial charge >= 0.3 is 0 Å². The van der Waals surface area contributed by atoms with Crippen molar-refractivity contribution in [1.82, 2.24) is 34.8 Å². The molecule has 0 aliphatic heterocycles. The Morgan fingerprint density at radius 3 is 3.00 bits per heavy atom. The van der Waals surface area contributed by atoms with Crippen molar-refractivity contribution in [3.8, 4) is 0 Å². The summed E-state index contributed by atoms with van der Waals surface area (Å²) in [7, 11) is 1.85. The fourth-order valence-electron chi connectivity index (χ4n) is 2.07. The first-order valence-electron chi connectivity index (χ1n) is 5.86. The van der Waals surface area contributed by atoms with E-state index in [1.54, 1.807) is 34.0 Å². The summed E-state index contributed by atoms with van der Waals surface area (Å²) in [5.41, 5.74) is 4.71. The summed E-state index contributed by atoms with van der Waals surface area (Å²) in [5, 5.41) is 8.33. The van der Waals surface area contributed by atoms with Crippen LogP contribution in [0.5, 0.6) is 0 Å². The minimum Gasteiger partial charge on any atom is -0.271 e.